The Kier molecular flexibility index (Phi) is 64.6. The lowest BCUT2D eigenvalue weighted by atomic mass is 10.0. The van der Waals surface area contributed by atoms with Gasteiger partial charge in [0, 0.05) is 12.8 Å². The van der Waals surface area contributed by atoms with E-state index in [1.165, 1.54) is 257 Å². The molecule has 0 heterocycles. The van der Waals surface area contributed by atoms with Crippen molar-refractivity contribution in [1.29, 1.82) is 0 Å². The highest BCUT2D eigenvalue weighted by atomic mass is 16.7. The molecule has 0 amide bonds. The predicted octanol–water partition coefficient (Wildman–Crippen LogP) is 22.7. The third kappa shape index (κ3) is 68.3. The zero-order valence-corrected chi connectivity index (χ0v) is 56.8. The molecule has 0 aliphatic heterocycles. The third-order valence-corrected chi connectivity index (χ3v) is 16.3. The van der Waals surface area contributed by atoms with Crippen molar-refractivity contribution < 1.29 is 42.9 Å². The summed E-state index contributed by atoms with van der Waals surface area (Å²) in [5.41, 5.74) is 0. The molecule has 496 valence electrons. The molecule has 0 radical (unpaired) electrons. The second-order valence-corrected chi connectivity index (χ2v) is 25.9. The van der Waals surface area contributed by atoms with Gasteiger partial charge in [-0.1, -0.05) is 319 Å². The van der Waals surface area contributed by atoms with E-state index in [-0.39, 0.29) is 32.2 Å². The molecule has 0 saturated heterocycles. The molecule has 9 nitrogen and oxygen atoms in total. The van der Waals surface area contributed by atoms with Gasteiger partial charge in [0.15, 0.2) is 6.10 Å². The van der Waals surface area contributed by atoms with Crippen LogP contribution < -0.4 is 0 Å². The molecule has 0 spiro atoms. The third-order valence-electron chi connectivity index (χ3n) is 16.3. The van der Waals surface area contributed by atoms with E-state index < -0.39 is 24.3 Å². The van der Waals surface area contributed by atoms with Crippen molar-refractivity contribution in [3.63, 3.8) is 0 Å². The molecule has 0 bridgehead atoms. The standard InChI is InChI=1S/C76H139NO8/c1-6-8-10-12-14-16-18-20-22-24-26-28-30-32-34-35-36-37-38-39-41-42-44-46-48-50-52-54-56-58-60-62-64-66-73(78)83-70-72(71-84-76(75(80)81)82-69-68-77(3,4)5)85-74(79)67-65-63-61-59-57-55-53-51-49-47-45-43-40-33-31-29-27-25-23-21-19-17-15-13-11-9-7-2/h9,11,15,17,21,23-24,26-27,29,72,76H,6-8,10,12-14,16,18-20,22,25,28,30-71H2,1-5H3/p+1/b11-9-,17-15-,23-21-,26-24-,29-27-. The first kappa shape index (κ1) is 82.0. The van der Waals surface area contributed by atoms with Gasteiger partial charge in [0.2, 0.25) is 0 Å². The summed E-state index contributed by atoms with van der Waals surface area (Å²) >= 11 is 0. The Morgan fingerprint density at radius 2 is 0.671 bits per heavy atom. The zero-order chi connectivity index (χ0) is 61.9. The van der Waals surface area contributed by atoms with Crippen molar-refractivity contribution in [3.05, 3.63) is 60.8 Å². The van der Waals surface area contributed by atoms with Crippen molar-refractivity contribution in [2.75, 3.05) is 47.5 Å². The van der Waals surface area contributed by atoms with E-state index in [4.69, 9.17) is 18.9 Å². The van der Waals surface area contributed by atoms with Gasteiger partial charge >= 0.3 is 17.9 Å². The van der Waals surface area contributed by atoms with E-state index in [0.717, 1.165) is 64.2 Å². The van der Waals surface area contributed by atoms with Crippen LogP contribution in [0.5, 0.6) is 0 Å². The number of rotatable bonds is 68. The van der Waals surface area contributed by atoms with Crippen molar-refractivity contribution in [1.82, 2.24) is 0 Å². The number of aliphatic carboxylic acids is 1. The number of hydrogen-bond donors (Lipinski definition) is 1. The number of hydrogen-bond acceptors (Lipinski definition) is 7. The molecule has 0 fully saturated rings. The summed E-state index contributed by atoms with van der Waals surface area (Å²) in [6.45, 7) is 4.82. The van der Waals surface area contributed by atoms with Crippen LogP contribution in [0.1, 0.15) is 348 Å². The van der Waals surface area contributed by atoms with Crippen molar-refractivity contribution >= 4 is 17.9 Å². The van der Waals surface area contributed by atoms with Gasteiger partial charge in [-0.15, -0.1) is 0 Å². The van der Waals surface area contributed by atoms with Gasteiger partial charge in [-0.3, -0.25) is 9.59 Å². The molecule has 1 N–H and O–H groups in total. The quantitative estimate of drug-likeness (QED) is 0.0211. The molecule has 0 saturated carbocycles. The van der Waals surface area contributed by atoms with Gasteiger partial charge in [0.1, 0.15) is 13.2 Å². The highest BCUT2D eigenvalue weighted by Gasteiger charge is 2.25. The smallest absolute Gasteiger partial charge is 0.361 e. The van der Waals surface area contributed by atoms with Gasteiger partial charge in [-0.2, -0.15) is 0 Å². The van der Waals surface area contributed by atoms with Gasteiger partial charge in [-0.25, -0.2) is 4.79 Å². The SMILES string of the molecule is CC/C=C\C/C=C\C/C=C\C/C=C\CCCCCCCCCCCCCCCCC(=O)OC(COC(=O)CCCCCCCCCCCCCCCCCCCCCCC/C=C\CCCCCCCCCC)COC(OCC[N+](C)(C)C)C(=O)O. The highest BCUT2D eigenvalue weighted by Crippen LogP contribution is 2.19. The number of ether oxygens (including phenoxy) is 4. The van der Waals surface area contributed by atoms with Crippen LogP contribution in [-0.2, 0) is 33.3 Å². The number of carbonyl (C=O) groups is 3. The first-order valence-electron chi connectivity index (χ1n) is 36.5. The minimum atomic E-state index is -1.51. The van der Waals surface area contributed by atoms with Gasteiger partial charge in [-0.05, 0) is 77.0 Å². The van der Waals surface area contributed by atoms with Crippen molar-refractivity contribution in [2.45, 2.75) is 360 Å². The molecule has 2 atom stereocenters. The summed E-state index contributed by atoms with van der Waals surface area (Å²) in [6, 6.07) is 0. The number of nitrogens with zero attached hydrogens (tertiary/aromatic N) is 1. The van der Waals surface area contributed by atoms with Crippen LogP contribution in [0.2, 0.25) is 0 Å². The molecule has 0 aliphatic carbocycles. The molecular weight excluding hydrogens is 1050 g/mol. The summed E-state index contributed by atoms with van der Waals surface area (Å²) in [5.74, 6) is -1.98. The average molecular weight is 1200 g/mol. The van der Waals surface area contributed by atoms with Crippen molar-refractivity contribution in [3.8, 4) is 0 Å². The summed E-state index contributed by atoms with van der Waals surface area (Å²) in [4.78, 5) is 37.7. The van der Waals surface area contributed by atoms with E-state index in [1.54, 1.807) is 0 Å². The van der Waals surface area contributed by atoms with Crippen molar-refractivity contribution in [2.24, 2.45) is 0 Å². The van der Waals surface area contributed by atoms with Crippen LogP contribution in [0.4, 0.5) is 0 Å². The molecule has 0 aliphatic rings. The second-order valence-electron chi connectivity index (χ2n) is 25.9. The Balaban J connectivity index is 4.04. The van der Waals surface area contributed by atoms with Crippen LogP contribution in [0.15, 0.2) is 60.8 Å². The van der Waals surface area contributed by atoms with E-state index >= 15 is 0 Å². The number of carboxylic acid groups (broad SMARTS) is 1. The maximum Gasteiger partial charge on any atom is 0.361 e. The number of quaternary nitrogens is 1. The maximum absolute atomic E-state index is 12.9. The monoisotopic (exact) mass is 1200 g/mol. The molecule has 85 heavy (non-hydrogen) atoms. The predicted molar refractivity (Wildman–Crippen MR) is 364 cm³/mol. The lowest BCUT2D eigenvalue weighted by Gasteiger charge is -2.25. The number of unbranched alkanes of at least 4 members (excludes halogenated alkanes) is 43. The van der Waals surface area contributed by atoms with E-state index in [9.17, 15) is 19.5 Å². The van der Waals surface area contributed by atoms with Crippen LogP contribution in [0.3, 0.4) is 0 Å². The Morgan fingerprint density at radius 3 is 1.01 bits per heavy atom. The summed E-state index contributed by atoms with van der Waals surface area (Å²) in [6.07, 6.45) is 84.9. The molecule has 9 heteroatoms. The summed E-state index contributed by atoms with van der Waals surface area (Å²) < 4.78 is 23.0. The summed E-state index contributed by atoms with van der Waals surface area (Å²) in [5, 5.41) is 9.75. The lowest BCUT2D eigenvalue weighted by Crippen LogP contribution is -2.40. The van der Waals surface area contributed by atoms with Gasteiger partial charge < -0.3 is 28.5 Å². The van der Waals surface area contributed by atoms with Crippen LogP contribution in [-0.4, -0.2) is 87.4 Å². The normalized spacial score (nSPS) is 13.0. The Morgan fingerprint density at radius 1 is 0.365 bits per heavy atom. The number of allylic oxidation sites excluding steroid dienone is 10. The molecule has 0 aromatic rings. The molecular formula is C76H140NO8+. The van der Waals surface area contributed by atoms with Crippen LogP contribution in [0, 0.1) is 0 Å². The topological polar surface area (TPSA) is 108 Å². The number of carboxylic acids is 1. The van der Waals surface area contributed by atoms with Gasteiger partial charge in [0.25, 0.3) is 6.29 Å². The summed E-state index contributed by atoms with van der Waals surface area (Å²) in [7, 11) is 5.99. The first-order chi connectivity index (χ1) is 41.6. The lowest BCUT2D eigenvalue weighted by molar-refractivity contribution is -0.870. The Hall–Kier alpha value is -3.01. The van der Waals surface area contributed by atoms with Gasteiger partial charge in [0.05, 0.1) is 34.4 Å². The van der Waals surface area contributed by atoms with Crippen LogP contribution >= 0.6 is 0 Å². The van der Waals surface area contributed by atoms with Crippen LogP contribution in [0.25, 0.3) is 0 Å². The maximum atomic E-state index is 12.9. The van der Waals surface area contributed by atoms with E-state index in [2.05, 4.69) is 74.6 Å². The average Bonchev–Trinajstić information content (AvgIpc) is 3.48. The Labute approximate surface area is 526 Å². The largest absolute Gasteiger partial charge is 0.477 e. The van der Waals surface area contributed by atoms with E-state index in [0.29, 0.717) is 17.4 Å². The number of likely N-dealkylation sites (N-methyl/N-ethyl adjacent to an activating group) is 1. The Bertz CT molecular complexity index is 1580. The number of carbonyl (C=O) groups excluding carboxylic acids is 2. The molecule has 0 aromatic heterocycles. The fourth-order valence-corrected chi connectivity index (χ4v) is 10.7. The fourth-order valence-electron chi connectivity index (χ4n) is 10.7. The first-order valence-corrected chi connectivity index (χ1v) is 36.5. The molecule has 0 aromatic carbocycles. The second kappa shape index (κ2) is 66.9. The van der Waals surface area contributed by atoms with E-state index in [1.807, 2.05) is 21.1 Å². The fraction of sp³-hybridized carbons (Fsp3) is 0.829. The molecule has 2 unspecified atom stereocenters. The minimum absolute atomic E-state index is 0.179. The molecule has 0 rings (SSSR count). The zero-order valence-electron chi connectivity index (χ0n) is 56.8. The highest BCUT2D eigenvalue weighted by molar-refractivity contribution is 5.71. The number of esters is 2. The minimum Gasteiger partial charge on any atom is -0.477 e.